The van der Waals surface area contributed by atoms with Gasteiger partial charge in [0, 0.05) is 28.2 Å². The molecule has 0 heterocycles. The van der Waals surface area contributed by atoms with E-state index in [1.807, 2.05) is 0 Å². The molecule has 8 amide bonds. The van der Waals surface area contributed by atoms with Crippen LogP contribution in [0.4, 0.5) is 38.4 Å². The molecule has 672 valence electrons. The molecule has 0 saturated carbocycles. The SMILES string of the molecule is CCCC[N+](CC)(CCC)CCSC(=O)NC.CCCC[N+](CC)(CCC)CCSC(N)=O.CCC[N+](CC)(CCC)CCSC(=O)NC.CCC[N+](CC)(CCC)CCSC(N)=O.CC[N+](CC)(CC)CCSC(=O)NC.CC[N+](CC)(CC)CCSC(N)=O.CNC(=O)SCC[N+](C)(C)C.C[N+](C)(C)CCSC(N)=O. The van der Waals surface area contributed by atoms with Crippen LogP contribution in [0, 0.1) is 0 Å². The molecular weight excluding hydrogens is 1570 g/mol. The highest BCUT2D eigenvalue weighted by Crippen LogP contribution is 2.19. The van der Waals surface area contributed by atoms with Gasteiger partial charge in [-0.25, -0.2) is 0 Å². The minimum atomic E-state index is -0.284. The summed E-state index contributed by atoms with van der Waals surface area (Å²) in [6.45, 7) is 70.0. The Hall–Kier alpha value is -1.76. The van der Waals surface area contributed by atoms with Crippen molar-refractivity contribution in [2.24, 2.45) is 22.9 Å². The summed E-state index contributed by atoms with van der Waals surface area (Å²) in [4.78, 5) is 86.3. The Bertz CT molecular complexity index is 2250. The van der Waals surface area contributed by atoms with Crippen LogP contribution in [0.5, 0.6) is 0 Å². The van der Waals surface area contributed by atoms with Gasteiger partial charge in [0.25, 0.3) is 41.9 Å². The summed E-state index contributed by atoms with van der Waals surface area (Å²) in [6.07, 6.45) is 12.3. The Morgan fingerprint density at radius 3 is 0.509 bits per heavy atom. The van der Waals surface area contributed by atoms with Crippen molar-refractivity contribution in [2.75, 3.05) is 287 Å². The van der Waals surface area contributed by atoms with E-state index in [2.05, 4.69) is 188 Å². The summed E-state index contributed by atoms with van der Waals surface area (Å²) in [6, 6.07) is 0. The molecule has 112 heavy (non-hydrogen) atoms. The number of amides is 8. The second-order valence-corrected chi connectivity index (χ2v) is 39.0. The van der Waals surface area contributed by atoms with Crippen molar-refractivity contribution in [3.8, 4) is 0 Å². The Labute approximate surface area is 724 Å². The third kappa shape index (κ3) is 78.1. The van der Waals surface area contributed by atoms with Gasteiger partial charge in [0.15, 0.2) is 0 Å². The van der Waals surface area contributed by atoms with Crippen molar-refractivity contribution < 1.29 is 74.2 Å². The standard InChI is InChI=1S/C13H28N2OS.2C12H26N2OS.C11H24N2OS.C10H22N2OS.C9H20N2OS.C7H16N2OS.C6H14N2OS/c1-5-8-10-15(7-3,9-6-2)11-12-17-13(16)14-4;1-5-8-14(7-3,9-6-2)10-11-16-12(15)13-4;1-4-7-9-14(6-3,8-5-2)10-11-16-12(13)15;1-4-7-13(6-3,8-5-2)9-10-15-11(12)14;1-5-12(6-2,7-3)8-9-14-10(13)11-4;1-4-11(5-2,6-3)7-8-13-9(10)12;1-8-7(10)11-6-5-9(2,3)4;1-8(2,3)4-5-10-6(7)9/h5-12H2,1-4H3;5-11H2,1-4H3;4-11H2,1-3H3,(H-,13,15);4-10H2,1-3H3,(H-,12,14);5-9H2,1-4H3;4-8H2,1-3H3,(H-,10,12);5-6H2,1-4H3;4-5H2,1-3H3,(H-,7,9)/p+8. The maximum absolute atomic E-state index is 11.2. The second kappa shape index (κ2) is 80.3. The third-order valence-corrected chi connectivity index (χ3v) is 26.6. The van der Waals surface area contributed by atoms with Crippen LogP contribution in [0.3, 0.4) is 0 Å². The van der Waals surface area contributed by atoms with Gasteiger partial charge in [-0.15, -0.1) is 0 Å². The molecule has 24 nitrogen and oxygen atoms in total. The lowest BCUT2D eigenvalue weighted by atomic mass is 10.2. The Balaban J connectivity index is -0.000000185. The smallest absolute Gasteiger partial charge is 0.279 e. The summed E-state index contributed by atoms with van der Waals surface area (Å²) in [5.41, 5.74) is 20.3. The Morgan fingerprint density at radius 2 is 0.366 bits per heavy atom. The number of carbonyl (C=O) groups excluding carboxylic acids is 8. The molecular formula is C80H184N16O8S8+8. The van der Waals surface area contributed by atoms with Crippen LogP contribution < -0.4 is 44.2 Å². The van der Waals surface area contributed by atoms with Crippen LogP contribution in [0.2, 0.25) is 0 Å². The summed E-state index contributed by atoms with van der Waals surface area (Å²) < 4.78 is 8.60. The first-order chi connectivity index (χ1) is 52.6. The number of unbranched alkanes of at least 4 members (excludes halogenated alkanes) is 2. The van der Waals surface area contributed by atoms with Gasteiger partial charge in [-0.3, -0.25) is 38.4 Å². The van der Waals surface area contributed by atoms with Crippen LogP contribution in [0.15, 0.2) is 0 Å². The van der Waals surface area contributed by atoms with Gasteiger partial charge in [0.2, 0.25) is 0 Å². The van der Waals surface area contributed by atoms with Crippen molar-refractivity contribution in [1.29, 1.82) is 0 Å². The van der Waals surface area contributed by atoms with Crippen molar-refractivity contribution in [1.82, 2.24) is 21.3 Å². The summed E-state index contributed by atoms with van der Waals surface area (Å²) in [7, 11) is 19.3. The first kappa shape index (κ1) is 126. The third-order valence-electron chi connectivity index (χ3n) is 20.5. The van der Waals surface area contributed by atoms with E-state index >= 15 is 0 Å². The van der Waals surface area contributed by atoms with Gasteiger partial charge in [-0.05, 0) is 121 Å². The molecule has 0 radical (unpaired) electrons. The minimum Gasteiger partial charge on any atom is -0.361 e. The molecule has 0 rings (SSSR count). The first-order valence-corrected chi connectivity index (χ1v) is 50.2. The largest absolute Gasteiger partial charge is 0.361 e. The quantitative estimate of drug-likeness (QED) is 0.0263. The monoisotopic (exact) mass is 1750 g/mol. The number of hydrogen-bond donors (Lipinski definition) is 8. The molecule has 12 N–H and O–H groups in total. The molecule has 0 aliphatic heterocycles. The Morgan fingerprint density at radius 1 is 0.214 bits per heavy atom. The van der Waals surface area contributed by atoms with Crippen molar-refractivity contribution in [3.05, 3.63) is 0 Å². The molecule has 0 bridgehead atoms. The number of nitrogens with one attached hydrogen (secondary N) is 4. The van der Waals surface area contributed by atoms with E-state index in [1.165, 1.54) is 228 Å². The molecule has 0 fully saturated rings. The molecule has 0 saturated heterocycles. The second-order valence-electron chi connectivity index (χ2n) is 30.3. The van der Waals surface area contributed by atoms with Crippen LogP contribution in [-0.4, -0.2) is 364 Å². The predicted octanol–water partition coefficient (Wildman–Crippen LogP) is 16.0. The molecule has 2 unspecified atom stereocenters. The highest BCUT2D eigenvalue weighted by atomic mass is 32.2. The molecule has 0 aromatic rings. The van der Waals surface area contributed by atoms with E-state index in [9.17, 15) is 38.4 Å². The van der Waals surface area contributed by atoms with Crippen LogP contribution >= 0.6 is 94.1 Å². The number of nitrogens with two attached hydrogens (primary N) is 4. The number of thioether (sulfide) groups is 8. The average Bonchev–Trinajstić information content (AvgIpc) is 0.921. The van der Waals surface area contributed by atoms with Crippen molar-refractivity contribution >= 4 is 136 Å². The molecule has 2 atom stereocenters. The molecule has 0 aliphatic rings. The number of carbonyl (C=O) groups is 8. The topological polar surface area (TPSA) is 289 Å². The fourth-order valence-corrected chi connectivity index (χ4v) is 18.8. The van der Waals surface area contributed by atoms with E-state index in [0.29, 0.717) is 0 Å². The zero-order valence-electron chi connectivity index (χ0n) is 77.5. The molecule has 0 aromatic carbocycles. The molecule has 32 heteroatoms. The normalized spacial score (nSPS) is 12.4. The van der Waals surface area contributed by atoms with Crippen LogP contribution in [-0.2, 0) is 0 Å². The first-order valence-electron chi connectivity index (χ1n) is 42.4. The maximum Gasteiger partial charge on any atom is 0.279 e. The molecule has 0 aliphatic carbocycles. The van der Waals surface area contributed by atoms with E-state index in [0.717, 1.165) is 182 Å². The number of quaternary nitrogens is 8. The maximum atomic E-state index is 11.2. The summed E-state index contributed by atoms with van der Waals surface area (Å²) >= 11 is 10.5. The average molecular weight is 1750 g/mol. The molecule has 0 aromatic heterocycles. The number of primary amides is 4. The van der Waals surface area contributed by atoms with Gasteiger partial charge in [-0.1, -0.05) is 162 Å². The lowest BCUT2D eigenvalue weighted by Gasteiger charge is -2.37. The molecule has 0 spiro atoms. The van der Waals surface area contributed by atoms with Gasteiger partial charge in [-0.2, -0.15) is 0 Å². The van der Waals surface area contributed by atoms with Gasteiger partial charge in [0.1, 0.15) is 0 Å². The zero-order chi connectivity index (χ0) is 88.2. The van der Waals surface area contributed by atoms with E-state index in [-0.39, 0.29) is 41.9 Å². The fraction of sp³-hybridized carbons (Fsp3) is 0.900. The van der Waals surface area contributed by atoms with Crippen LogP contribution in [0.25, 0.3) is 0 Å². The number of rotatable bonds is 52. The Kier molecular flexibility index (Phi) is 90.2. The summed E-state index contributed by atoms with van der Waals surface area (Å²) in [5.74, 6) is 6.99. The van der Waals surface area contributed by atoms with Crippen LogP contribution in [0.1, 0.15) is 189 Å². The number of hydrogen-bond acceptors (Lipinski definition) is 16. The number of nitrogens with zero attached hydrogens (tertiary/aromatic N) is 8. The van der Waals surface area contributed by atoms with E-state index < -0.39 is 0 Å². The van der Waals surface area contributed by atoms with Gasteiger partial charge in [0.05, 0.1) is 258 Å². The predicted molar refractivity (Wildman–Crippen MR) is 508 cm³/mol. The highest BCUT2D eigenvalue weighted by molar-refractivity contribution is 8.15. The summed E-state index contributed by atoms with van der Waals surface area (Å²) in [5, 5.41) is 9.76. The van der Waals surface area contributed by atoms with Crippen molar-refractivity contribution in [2.45, 2.75) is 189 Å². The van der Waals surface area contributed by atoms with Crippen molar-refractivity contribution in [3.63, 3.8) is 0 Å². The van der Waals surface area contributed by atoms with E-state index in [1.54, 1.807) is 28.2 Å². The lowest BCUT2D eigenvalue weighted by Crippen LogP contribution is -2.50. The fourth-order valence-electron chi connectivity index (χ4n) is 12.5. The lowest BCUT2D eigenvalue weighted by molar-refractivity contribution is -0.924. The van der Waals surface area contributed by atoms with E-state index in [4.69, 9.17) is 22.9 Å². The highest BCUT2D eigenvalue weighted by Gasteiger charge is 2.28. The zero-order valence-corrected chi connectivity index (χ0v) is 84.1. The van der Waals surface area contributed by atoms with Gasteiger partial charge < -0.3 is 80.1 Å². The van der Waals surface area contributed by atoms with Gasteiger partial charge >= 0.3 is 0 Å². The minimum absolute atomic E-state index is 0.0541.